The predicted molar refractivity (Wildman–Crippen MR) is 153 cm³/mol. The Morgan fingerprint density at radius 3 is 2.21 bits per heavy atom. The van der Waals surface area contributed by atoms with Crippen LogP contribution in [0.25, 0.3) is 0 Å². The van der Waals surface area contributed by atoms with Crippen molar-refractivity contribution in [3.63, 3.8) is 0 Å². The summed E-state index contributed by atoms with van der Waals surface area (Å²) in [5.74, 6) is -0.0815. The third kappa shape index (κ3) is 7.74. The summed E-state index contributed by atoms with van der Waals surface area (Å²) in [5.41, 5.74) is 1.56. The van der Waals surface area contributed by atoms with Crippen LogP contribution in [0, 0.1) is 12.8 Å². The van der Waals surface area contributed by atoms with E-state index in [1.54, 1.807) is 57.0 Å². The van der Waals surface area contributed by atoms with Crippen molar-refractivity contribution in [1.82, 2.24) is 10.2 Å². The van der Waals surface area contributed by atoms with E-state index in [1.807, 2.05) is 45.0 Å². The van der Waals surface area contributed by atoms with Gasteiger partial charge in [0.2, 0.25) is 5.91 Å². The van der Waals surface area contributed by atoms with Crippen molar-refractivity contribution < 1.29 is 23.9 Å². The first-order valence-corrected chi connectivity index (χ1v) is 13.8. The standard InChI is InChI=1S/C31H43N3O5/c1-8-20(2)26(33-30(37)39-31(4,5)6)29(36)34(23-13-11-14-23)27(25-15-10-9-12-21(25)3)28(35)32-22-16-18-24(38-7)19-17-22/h9-10,12,15-20,23,26-27H,8,11,13-14H2,1-7H3,(H,32,35)(H,33,37). The first-order chi connectivity index (χ1) is 18.4. The molecule has 0 saturated heterocycles. The van der Waals surface area contributed by atoms with E-state index in [-0.39, 0.29) is 23.8 Å². The van der Waals surface area contributed by atoms with Crippen LogP contribution >= 0.6 is 0 Å². The van der Waals surface area contributed by atoms with Gasteiger partial charge in [-0.25, -0.2) is 4.79 Å². The number of carbonyl (C=O) groups is 3. The average Bonchev–Trinajstić information content (AvgIpc) is 2.85. The fraction of sp³-hybridized carbons (Fsp3) is 0.516. The Kier molecular flexibility index (Phi) is 10.0. The van der Waals surface area contributed by atoms with Crippen molar-refractivity contribution in [2.45, 2.75) is 91.0 Å². The Balaban J connectivity index is 2.03. The van der Waals surface area contributed by atoms with Gasteiger partial charge < -0.3 is 25.0 Å². The van der Waals surface area contributed by atoms with Gasteiger partial charge in [0.1, 0.15) is 23.4 Å². The summed E-state index contributed by atoms with van der Waals surface area (Å²) in [6.45, 7) is 11.2. The molecule has 0 heterocycles. The summed E-state index contributed by atoms with van der Waals surface area (Å²) >= 11 is 0. The number of nitrogens with zero attached hydrogens (tertiary/aromatic N) is 1. The second kappa shape index (κ2) is 13.0. The number of alkyl carbamates (subject to hydrolysis) is 1. The third-order valence-electron chi connectivity index (χ3n) is 7.24. The molecule has 1 fully saturated rings. The molecule has 8 nitrogen and oxygen atoms in total. The summed E-state index contributed by atoms with van der Waals surface area (Å²) in [6, 6.07) is 12.9. The lowest BCUT2D eigenvalue weighted by atomic mass is 9.86. The minimum atomic E-state index is -0.877. The highest BCUT2D eigenvalue weighted by Gasteiger charge is 2.43. The Labute approximate surface area is 232 Å². The van der Waals surface area contributed by atoms with Crippen molar-refractivity contribution >= 4 is 23.6 Å². The molecule has 0 aromatic heterocycles. The van der Waals surface area contributed by atoms with Crippen LogP contribution in [0.5, 0.6) is 5.75 Å². The summed E-state index contributed by atoms with van der Waals surface area (Å²) in [6.07, 6.45) is 2.58. The van der Waals surface area contributed by atoms with E-state index < -0.39 is 23.8 Å². The fourth-order valence-corrected chi connectivity index (χ4v) is 4.66. The van der Waals surface area contributed by atoms with Gasteiger partial charge in [-0.1, -0.05) is 44.5 Å². The highest BCUT2D eigenvalue weighted by molar-refractivity contribution is 5.99. The second-order valence-electron chi connectivity index (χ2n) is 11.3. The van der Waals surface area contributed by atoms with Crippen LogP contribution in [-0.2, 0) is 14.3 Å². The molecule has 3 amide bonds. The Morgan fingerprint density at radius 2 is 1.69 bits per heavy atom. The average molecular weight is 538 g/mol. The monoisotopic (exact) mass is 537 g/mol. The maximum Gasteiger partial charge on any atom is 0.408 e. The van der Waals surface area contributed by atoms with Crippen LogP contribution in [0.4, 0.5) is 10.5 Å². The molecule has 212 valence electrons. The normalized spacial score (nSPS) is 15.8. The first kappa shape index (κ1) is 30.0. The molecular weight excluding hydrogens is 494 g/mol. The summed E-state index contributed by atoms with van der Waals surface area (Å²) < 4.78 is 10.7. The van der Waals surface area contributed by atoms with Crippen molar-refractivity contribution in [3.05, 3.63) is 59.7 Å². The number of carbonyl (C=O) groups excluding carboxylic acids is 3. The van der Waals surface area contributed by atoms with E-state index in [1.165, 1.54) is 0 Å². The fourth-order valence-electron chi connectivity index (χ4n) is 4.66. The zero-order chi connectivity index (χ0) is 28.7. The van der Waals surface area contributed by atoms with E-state index in [0.29, 0.717) is 17.9 Å². The van der Waals surface area contributed by atoms with Gasteiger partial charge in [0, 0.05) is 11.7 Å². The predicted octanol–water partition coefficient (Wildman–Crippen LogP) is 6.00. The van der Waals surface area contributed by atoms with Gasteiger partial charge in [-0.15, -0.1) is 0 Å². The Hall–Kier alpha value is -3.55. The van der Waals surface area contributed by atoms with Crippen LogP contribution in [-0.4, -0.2) is 47.6 Å². The number of amides is 3. The van der Waals surface area contributed by atoms with Gasteiger partial charge >= 0.3 is 6.09 Å². The molecule has 0 bridgehead atoms. The van der Waals surface area contributed by atoms with Gasteiger partial charge in [-0.2, -0.15) is 0 Å². The van der Waals surface area contributed by atoms with Crippen molar-refractivity contribution in [1.29, 1.82) is 0 Å². The van der Waals surface area contributed by atoms with Crippen LogP contribution in [0.3, 0.4) is 0 Å². The molecule has 2 aromatic rings. The molecule has 1 aliphatic carbocycles. The second-order valence-corrected chi connectivity index (χ2v) is 11.3. The Bertz CT molecular complexity index is 1140. The molecule has 2 N–H and O–H groups in total. The smallest absolute Gasteiger partial charge is 0.408 e. The number of hydrogen-bond acceptors (Lipinski definition) is 5. The molecule has 3 rings (SSSR count). The number of methoxy groups -OCH3 is 1. The SMILES string of the molecule is CCC(C)C(NC(=O)OC(C)(C)C)C(=O)N(C1CCC1)C(C(=O)Nc1ccc(OC)cc1)c1ccccc1C. The summed E-state index contributed by atoms with van der Waals surface area (Å²) in [7, 11) is 1.59. The topological polar surface area (TPSA) is 97.0 Å². The van der Waals surface area contributed by atoms with Crippen LogP contribution in [0.2, 0.25) is 0 Å². The number of rotatable bonds is 10. The molecule has 0 aliphatic heterocycles. The van der Waals surface area contributed by atoms with E-state index in [4.69, 9.17) is 9.47 Å². The molecule has 1 aliphatic rings. The lowest BCUT2D eigenvalue weighted by Crippen LogP contribution is -2.58. The number of ether oxygens (including phenoxy) is 2. The van der Waals surface area contributed by atoms with E-state index in [0.717, 1.165) is 30.4 Å². The maximum absolute atomic E-state index is 14.4. The number of nitrogens with one attached hydrogen (secondary N) is 2. The van der Waals surface area contributed by atoms with Crippen molar-refractivity contribution in [2.24, 2.45) is 5.92 Å². The largest absolute Gasteiger partial charge is 0.497 e. The van der Waals surface area contributed by atoms with Crippen molar-refractivity contribution in [2.75, 3.05) is 12.4 Å². The number of anilines is 1. The lowest BCUT2D eigenvalue weighted by Gasteiger charge is -2.44. The molecule has 0 radical (unpaired) electrons. The highest BCUT2D eigenvalue weighted by atomic mass is 16.6. The first-order valence-electron chi connectivity index (χ1n) is 13.8. The van der Waals surface area contributed by atoms with Crippen LogP contribution in [0.1, 0.15) is 77.5 Å². The van der Waals surface area contributed by atoms with Gasteiger partial charge in [0.15, 0.2) is 0 Å². The van der Waals surface area contributed by atoms with Gasteiger partial charge in [-0.05, 0) is 88.3 Å². The minimum Gasteiger partial charge on any atom is -0.497 e. The molecular formula is C31H43N3O5. The molecule has 2 aromatic carbocycles. The zero-order valence-corrected chi connectivity index (χ0v) is 24.2. The summed E-state index contributed by atoms with van der Waals surface area (Å²) in [5, 5.41) is 5.84. The van der Waals surface area contributed by atoms with Crippen LogP contribution in [0.15, 0.2) is 48.5 Å². The van der Waals surface area contributed by atoms with E-state index >= 15 is 0 Å². The molecule has 3 atom stereocenters. The molecule has 39 heavy (non-hydrogen) atoms. The molecule has 3 unspecified atom stereocenters. The maximum atomic E-state index is 14.4. The number of aryl methyl sites for hydroxylation is 1. The molecule has 1 saturated carbocycles. The quantitative estimate of drug-likeness (QED) is 0.387. The van der Waals surface area contributed by atoms with Gasteiger partial charge in [0.05, 0.1) is 7.11 Å². The minimum absolute atomic E-state index is 0.115. The lowest BCUT2D eigenvalue weighted by molar-refractivity contribution is -0.147. The van der Waals surface area contributed by atoms with E-state index in [2.05, 4.69) is 10.6 Å². The zero-order valence-electron chi connectivity index (χ0n) is 24.2. The number of benzene rings is 2. The van der Waals surface area contributed by atoms with Crippen LogP contribution < -0.4 is 15.4 Å². The molecule has 0 spiro atoms. The van der Waals surface area contributed by atoms with Gasteiger partial charge in [-0.3, -0.25) is 9.59 Å². The molecule has 8 heteroatoms. The highest BCUT2D eigenvalue weighted by Crippen LogP contribution is 2.36. The van der Waals surface area contributed by atoms with E-state index in [9.17, 15) is 14.4 Å². The summed E-state index contributed by atoms with van der Waals surface area (Å²) in [4.78, 5) is 42.9. The number of hydrogen-bond donors (Lipinski definition) is 2. The third-order valence-corrected chi connectivity index (χ3v) is 7.24. The van der Waals surface area contributed by atoms with Gasteiger partial charge in [0.25, 0.3) is 5.91 Å². The van der Waals surface area contributed by atoms with Crippen molar-refractivity contribution in [3.8, 4) is 5.75 Å². The Morgan fingerprint density at radius 1 is 1.05 bits per heavy atom.